The number of hydrogen-bond acceptors (Lipinski definition) is 3. The third kappa shape index (κ3) is 4.68. The van der Waals surface area contributed by atoms with Gasteiger partial charge in [0.15, 0.2) is 0 Å². The molecule has 1 aliphatic rings. The predicted octanol–water partition coefficient (Wildman–Crippen LogP) is 3.79. The standard InChI is InChI=1S/C12H22NO2P/c1-2-15-16(14,10-6-9-13)11-12-7-4-3-5-8-12/h12H,2-8,10-11H2,1H3. The van der Waals surface area contributed by atoms with E-state index < -0.39 is 7.37 Å². The van der Waals surface area contributed by atoms with Crippen LogP contribution in [0.3, 0.4) is 0 Å². The molecule has 1 rings (SSSR count). The summed E-state index contributed by atoms with van der Waals surface area (Å²) >= 11 is 0. The lowest BCUT2D eigenvalue weighted by atomic mass is 9.91. The fourth-order valence-electron chi connectivity index (χ4n) is 2.43. The first-order chi connectivity index (χ1) is 7.70. The zero-order chi connectivity index (χ0) is 11.9. The molecular weight excluding hydrogens is 221 g/mol. The lowest BCUT2D eigenvalue weighted by Gasteiger charge is -2.26. The molecule has 1 aliphatic carbocycles. The SMILES string of the molecule is CCOP(=O)(CCC#N)CC1CCCCC1. The largest absolute Gasteiger partial charge is 0.329 e. The van der Waals surface area contributed by atoms with E-state index in [1.165, 1.54) is 32.1 Å². The molecule has 1 saturated carbocycles. The average Bonchev–Trinajstić information content (AvgIpc) is 2.28. The Morgan fingerprint density at radius 1 is 1.38 bits per heavy atom. The van der Waals surface area contributed by atoms with E-state index in [0.29, 0.717) is 31.3 Å². The van der Waals surface area contributed by atoms with Crippen molar-refractivity contribution in [3.8, 4) is 6.07 Å². The smallest absolute Gasteiger partial charge is 0.204 e. The van der Waals surface area contributed by atoms with Crippen LogP contribution in [0.2, 0.25) is 0 Å². The molecule has 4 heteroatoms. The first-order valence-electron chi connectivity index (χ1n) is 6.30. The maximum atomic E-state index is 12.5. The van der Waals surface area contributed by atoms with Crippen molar-refractivity contribution in [2.24, 2.45) is 5.92 Å². The summed E-state index contributed by atoms with van der Waals surface area (Å²) in [5, 5.41) is 8.58. The molecule has 0 saturated heterocycles. The first-order valence-corrected chi connectivity index (χ1v) is 8.29. The normalized spacial score (nSPS) is 21.2. The maximum absolute atomic E-state index is 12.5. The summed E-state index contributed by atoms with van der Waals surface area (Å²) in [5.74, 6) is 0.560. The van der Waals surface area contributed by atoms with Gasteiger partial charge >= 0.3 is 0 Å². The van der Waals surface area contributed by atoms with E-state index in [0.717, 1.165) is 0 Å². The molecule has 0 spiro atoms. The Morgan fingerprint density at radius 3 is 2.62 bits per heavy atom. The minimum absolute atomic E-state index is 0.351. The van der Waals surface area contributed by atoms with Gasteiger partial charge in [0, 0.05) is 18.7 Å². The summed E-state index contributed by atoms with van der Waals surface area (Å²) in [6, 6.07) is 2.07. The minimum atomic E-state index is -2.53. The van der Waals surface area contributed by atoms with Crippen molar-refractivity contribution in [1.82, 2.24) is 0 Å². The lowest BCUT2D eigenvalue weighted by Crippen LogP contribution is -2.13. The summed E-state index contributed by atoms with van der Waals surface area (Å²) in [7, 11) is -2.53. The van der Waals surface area contributed by atoms with Gasteiger partial charge in [-0.3, -0.25) is 4.57 Å². The van der Waals surface area contributed by atoms with Crippen LogP contribution < -0.4 is 0 Å². The Bertz CT molecular complexity index is 279. The molecule has 1 fully saturated rings. The Labute approximate surface area is 98.6 Å². The van der Waals surface area contributed by atoms with Crippen LogP contribution in [0.25, 0.3) is 0 Å². The average molecular weight is 243 g/mol. The van der Waals surface area contributed by atoms with E-state index in [9.17, 15) is 4.57 Å². The van der Waals surface area contributed by atoms with Crippen molar-refractivity contribution >= 4 is 7.37 Å². The second-order valence-electron chi connectivity index (χ2n) is 4.55. The van der Waals surface area contributed by atoms with Crippen molar-refractivity contribution in [3.05, 3.63) is 0 Å². The molecular formula is C12H22NO2P. The molecule has 0 aromatic heterocycles. The summed E-state index contributed by atoms with van der Waals surface area (Å²) in [6.07, 6.45) is 7.69. The van der Waals surface area contributed by atoms with E-state index >= 15 is 0 Å². The molecule has 0 amide bonds. The molecule has 0 aromatic rings. The van der Waals surface area contributed by atoms with Gasteiger partial charge in [-0.1, -0.05) is 19.3 Å². The number of hydrogen-bond donors (Lipinski definition) is 0. The van der Waals surface area contributed by atoms with Gasteiger partial charge in [0.05, 0.1) is 12.7 Å². The Morgan fingerprint density at radius 2 is 2.06 bits per heavy atom. The van der Waals surface area contributed by atoms with Crippen LogP contribution in [0.5, 0.6) is 0 Å². The highest BCUT2D eigenvalue weighted by Gasteiger charge is 2.27. The third-order valence-electron chi connectivity index (χ3n) is 3.19. The summed E-state index contributed by atoms with van der Waals surface area (Å²) in [4.78, 5) is 0. The van der Waals surface area contributed by atoms with Crippen LogP contribution in [0, 0.1) is 17.2 Å². The summed E-state index contributed by atoms with van der Waals surface area (Å²) in [6.45, 7) is 2.37. The van der Waals surface area contributed by atoms with Crippen molar-refractivity contribution in [3.63, 3.8) is 0 Å². The summed E-state index contributed by atoms with van der Waals surface area (Å²) in [5.41, 5.74) is 0. The highest BCUT2D eigenvalue weighted by molar-refractivity contribution is 7.59. The topological polar surface area (TPSA) is 50.1 Å². The molecule has 1 atom stereocenters. The van der Waals surface area contributed by atoms with Gasteiger partial charge < -0.3 is 4.52 Å². The molecule has 3 nitrogen and oxygen atoms in total. The molecule has 0 radical (unpaired) electrons. The monoisotopic (exact) mass is 243 g/mol. The van der Waals surface area contributed by atoms with E-state index in [4.69, 9.17) is 9.79 Å². The van der Waals surface area contributed by atoms with Crippen LogP contribution in [-0.2, 0) is 9.09 Å². The van der Waals surface area contributed by atoms with Gasteiger partial charge in [0.1, 0.15) is 0 Å². The van der Waals surface area contributed by atoms with Crippen molar-refractivity contribution in [1.29, 1.82) is 5.26 Å². The molecule has 0 N–H and O–H groups in total. The quantitative estimate of drug-likeness (QED) is 0.667. The predicted molar refractivity (Wildman–Crippen MR) is 65.8 cm³/mol. The molecule has 92 valence electrons. The zero-order valence-electron chi connectivity index (χ0n) is 10.2. The van der Waals surface area contributed by atoms with Gasteiger partial charge in [0.2, 0.25) is 7.37 Å². The van der Waals surface area contributed by atoms with Crippen molar-refractivity contribution in [2.75, 3.05) is 18.9 Å². The van der Waals surface area contributed by atoms with E-state index in [1.807, 2.05) is 6.92 Å². The van der Waals surface area contributed by atoms with Crippen molar-refractivity contribution in [2.45, 2.75) is 45.4 Å². The van der Waals surface area contributed by atoms with Gasteiger partial charge in [0.25, 0.3) is 0 Å². The van der Waals surface area contributed by atoms with Gasteiger partial charge in [-0.15, -0.1) is 0 Å². The van der Waals surface area contributed by atoms with Crippen LogP contribution in [0.15, 0.2) is 0 Å². The molecule has 1 unspecified atom stereocenters. The fourth-order valence-corrected chi connectivity index (χ4v) is 4.91. The Balaban J connectivity index is 2.48. The third-order valence-corrected chi connectivity index (χ3v) is 5.90. The summed E-state index contributed by atoms with van der Waals surface area (Å²) < 4.78 is 17.9. The molecule has 0 bridgehead atoms. The van der Waals surface area contributed by atoms with Crippen LogP contribution in [0.4, 0.5) is 0 Å². The fraction of sp³-hybridized carbons (Fsp3) is 0.917. The van der Waals surface area contributed by atoms with Gasteiger partial charge in [-0.25, -0.2) is 0 Å². The van der Waals surface area contributed by atoms with Crippen LogP contribution >= 0.6 is 7.37 Å². The van der Waals surface area contributed by atoms with E-state index in [1.54, 1.807) is 0 Å². The minimum Gasteiger partial charge on any atom is -0.329 e. The number of nitrogens with zero attached hydrogens (tertiary/aromatic N) is 1. The van der Waals surface area contributed by atoms with Gasteiger partial charge in [-0.2, -0.15) is 5.26 Å². The lowest BCUT2D eigenvalue weighted by molar-refractivity contribution is 0.315. The maximum Gasteiger partial charge on any atom is 0.204 e. The van der Waals surface area contributed by atoms with Crippen molar-refractivity contribution < 1.29 is 9.09 Å². The number of rotatable bonds is 6. The zero-order valence-corrected chi connectivity index (χ0v) is 11.0. The number of nitriles is 1. The highest BCUT2D eigenvalue weighted by Crippen LogP contribution is 2.50. The molecule has 0 aromatic carbocycles. The second-order valence-corrected chi connectivity index (χ2v) is 7.25. The van der Waals surface area contributed by atoms with Gasteiger partial charge in [-0.05, 0) is 25.7 Å². The highest BCUT2D eigenvalue weighted by atomic mass is 31.2. The van der Waals surface area contributed by atoms with E-state index in [2.05, 4.69) is 6.07 Å². The molecule has 0 heterocycles. The molecule has 0 aliphatic heterocycles. The molecule has 16 heavy (non-hydrogen) atoms. The Kier molecular flexibility index (Phi) is 6.09. The first kappa shape index (κ1) is 13.7. The second kappa shape index (κ2) is 7.09. The van der Waals surface area contributed by atoms with E-state index in [-0.39, 0.29) is 0 Å². The van der Waals surface area contributed by atoms with Crippen LogP contribution in [0.1, 0.15) is 45.4 Å². The Hall–Kier alpha value is -0.320. The van der Waals surface area contributed by atoms with Crippen LogP contribution in [-0.4, -0.2) is 18.9 Å².